The molecule has 5 heteroatoms. The van der Waals surface area contributed by atoms with E-state index in [4.69, 9.17) is 16.7 Å². The van der Waals surface area contributed by atoms with E-state index in [0.29, 0.717) is 6.42 Å². The molecule has 0 bridgehead atoms. The van der Waals surface area contributed by atoms with Crippen molar-refractivity contribution < 1.29 is 14.7 Å². The number of ketones is 1. The van der Waals surface area contributed by atoms with Gasteiger partial charge in [-0.25, -0.2) is 4.79 Å². The molecule has 0 saturated carbocycles. The molecule has 1 N–H and O–H groups in total. The second-order valence-corrected chi connectivity index (χ2v) is 7.30. The minimum absolute atomic E-state index is 0.0745. The third-order valence-electron chi connectivity index (χ3n) is 4.31. The summed E-state index contributed by atoms with van der Waals surface area (Å²) in [6.07, 6.45) is 1.34. The van der Waals surface area contributed by atoms with Crippen LogP contribution < -0.4 is 0 Å². The van der Waals surface area contributed by atoms with Crippen LogP contribution in [-0.4, -0.2) is 21.4 Å². The van der Waals surface area contributed by atoms with Crippen molar-refractivity contribution >= 4 is 23.4 Å². The molecule has 1 aliphatic rings. The van der Waals surface area contributed by atoms with Crippen molar-refractivity contribution in [1.82, 2.24) is 4.57 Å². The van der Waals surface area contributed by atoms with Crippen LogP contribution in [-0.2, 0) is 6.42 Å². The number of carbonyl (C=O) groups excluding carboxylic acids is 1. The number of hydrogen-bond acceptors (Lipinski definition) is 2. The fourth-order valence-corrected chi connectivity index (χ4v) is 3.58. The van der Waals surface area contributed by atoms with Gasteiger partial charge in [0, 0.05) is 29.1 Å². The van der Waals surface area contributed by atoms with Crippen LogP contribution in [0.1, 0.15) is 52.4 Å². The van der Waals surface area contributed by atoms with Crippen LogP contribution in [0.4, 0.5) is 0 Å². The number of nitrogens with zero attached hydrogens (tertiary/aromatic N) is 1. The minimum Gasteiger partial charge on any atom is -0.478 e. The molecule has 0 radical (unpaired) electrons. The third-order valence-corrected chi connectivity index (χ3v) is 4.63. The summed E-state index contributed by atoms with van der Waals surface area (Å²) in [6.45, 7) is 6.11. The molecule has 1 aromatic carbocycles. The molecule has 0 fully saturated rings. The lowest BCUT2D eigenvalue weighted by atomic mass is 9.76. The Bertz CT molecular complexity index is 833. The third kappa shape index (κ3) is 2.68. The van der Waals surface area contributed by atoms with Crippen molar-refractivity contribution in [2.24, 2.45) is 5.41 Å². The first-order valence-electron chi connectivity index (χ1n) is 7.47. The van der Waals surface area contributed by atoms with Gasteiger partial charge in [-0.05, 0) is 43.0 Å². The molecule has 4 nitrogen and oxygen atoms in total. The monoisotopic (exact) mass is 331 g/mol. The van der Waals surface area contributed by atoms with Crippen molar-refractivity contribution in [1.29, 1.82) is 0 Å². The Labute approximate surface area is 139 Å². The predicted molar refractivity (Wildman–Crippen MR) is 88.9 cm³/mol. The lowest BCUT2D eigenvalue weighted by Gasteiger charge is -2.30. The lowest BCUT2D eigenvalue weighted by Crippen LogP contribution is -2.27. The van der Waals surface area contributed by atoms with Crippen molar-refractivity contribution in [3.8, 4) is 5.69 Å². The smallest absolute Gasteiger partial charge is 0.337 e. The number of rotatable bonds is 2. The highest BCUT2D eigenvalue weighted by atomic mass is 35.5. The maximum atomic E-state index is 12.4. The fraction of sp³-hybridized carbons (Fsp3) is 0.333. The molecule has 23 heavy (non-hydrogen) atoms. The van der Waals surface area contributed by atoms with Gasteiger partial charge in [0.2, 0.25) is 0 Å². The van der Waals surface area contributed by atoms with Crippen molar-refractivity contribution in [3.63, 3.8) is 0 Å². The van der Waals surface area contributed by atoms with E-state index >= 15 is 0 Å². The first-order valence-corrected chi connectivity index (χ1v) is 7.85. The van der Waals surface area contributed by atoms with Crippen molar-refractivity contribution in [2.75, 3.05) is 0 Å². The van der Waals surface area contributed by atoms with E-state index in [1.807, 2.05) is 17.6 Å². The highest BCUT2D eigenvalue weighted by Gasteiger charge is 2.34. The quantitative estimate of drug-likeness (QED) is 0.892. The van der Waals surface area contributed by atoms with E-state index in [1.165, 1.54) is 6.07 Å². The van der Waals surface area contributed by atoms with E-state index in [9.17, 15) is 9.59 Å². The Morgan fingerprint density at radius 1 is 1.26 bits per heavy atom. The zero-order valence-electron chi connectivity index (χ0n) is 13.3. The fourth-order valence-electron chi connectivity index (χ4n) is 3.33. The standard InChI is InChI=1S/C18H18ClNO3/c1-10-6-13-15(8-18(2,3)9-16(13)21)20(10)11-4-5-12(17(22)23)14(19)7-11/h4-7H,8-9H2,1-3H3,(H,22,23). The summed E-state index contributed by atoms with van der Waals surface area (Å²) in [5.41, 5.74) is 3.45. The van der Waals surface area contributed by atoms with Gasteiger partial charge < -0.3 is 9.67 Å². The average molecular weight is 332 g/mol. The number of carboxylic acid groups (broad SMARTS) is 1. The Kier molecular flexibility index (Phi) is 3.60. The van der Waals surface area contributed by atoms with E-state index in [1.54, 1.807) is 12.1 Å². The normalized spacial score (nSPS) is 16.3. The number of hydrogen-bond donors (Lipinski definition) is 1. The molecule has 0 aliphatic heterocycles. The molecule has 1 heterocycles. The van der Waals surface area contributed by atoms with E-state index in [2.05, 4.69) is 13.8 Å². The topological polar surface area (TPSA) is 59.3 Å². The van der Waals surface area contributed by atoms with Gasteiger partial charge in [0.1, 0.15) is 0 Å². The number of benzene rings is 1. The van der Waals surface area contributed by atoms with Crippen molar-refractivity contribution in [3.05, 3.63) is 51.8 Å². The van der Waals surface area contributed by atoms with Gasteiger partial charge in [-0.15, -0.1) is 0 Å². The highest BCUT2D eigenvalue weighted by Crippen LogP contribution is 2.37. The zero-order chi connectivity index (χ0) is 16.9. The van der Waals surface area contributed by atoms with Crippen LogP contribution >= 0.6 is 11.6 Å². The molecule has 1 aliphatic carbocycles. The highest BCUT2D eigenvalue weighted by molar-refractivity contribution is 6.33. The molecule has 0 amide bonds. The number of aromatic nitrogens is 1. The van der Waals surface area contributed by atoms with Crippen LogP contribution in [0.2, 0.25) is 5.02 Å². The summed E-state index contributed by atoms with van der Waals surface area (Å²) in [5, 5.41) is 9.29. The van der Waals surface area contributed by atoms with Crippen LogP contribution in [0.25, 0.3) is 5.69 Å². The van der Waals surface area contributed by atoms with E-state index < -0.39 is 5.97 Å². The summed E-state index contributed by atoms with van der Waals surface area (Å²) in [4.78, 5) is 23.5. The molecule has 120 valence electrons. The van der Waals surface area contributed by atoms with Crippen LogP contribution in [0.3, 0.4) is 0 Å². The maximum Gasteiger partial charge on any atom is 0.337 e. The number of Topliss-reactive ketones (excluding diaryl/α,β-unsaturated/α-hetero) is 1. The predicted octanol–water partition coefficient (Wildman–Crippen LogP) is 4.29. The van der Waals surface area contributed by atoms with Gasteiger partial charge in [0.05, 0.1) is 10.6 Å². The zero-order valence-corrected chi connectivity index (χ0v) is 14.1. The van der Waals surface area contributed by atoms with Gasteiger partial charge in [-0.3, -0.25) is 4.79 Å². The van der Waals surface area contributed by atoms with E-state index in [-0.39, 0.29) is 21.8 Å². The molecule has 0 spiro atoms. The van der Waals surface area contributed by atoms with Gasteiger partial charge in [0.15, 0.2) is 5.78 Å². The average Bonchev–Trinajstić information content (AvgIpc) is 2.73. The van der Waals surface area contributed by atoms with Crippen molar-refractivity contribution in [2.45, 2.75) is 33.6 Å². The summed E-state index contributed by atoms with van der Waals surface area (Å²) >= 11 is 6.10. The summed E-state index contributed by atoms with van der Waals surface area (Å²) in [6, 6.07) is 6.78. The van der Waals surface area contributed by atoms with Gasteiger partial charge in [0.25, 0.3) is 0 Å². The Morgan fingerprint density at radius 2 is 1.96 bits per heavy atom. The summed E-state index contributed by atoms with van der Waals surface area (Å²) < 4.78 is 2.01. The number of fused-ring (bicyclic) bond motifs is 1. The molecule has 0 saturated heterocycles. The molecule has 3 rings (SSSR count). The maximum absolute atomic E-state index is 12.4. The minimum atomic E-state index is -1.05. The van der Waals surface area contributed by atoms with Gasteiger partial charge in [-0.1, -0.05) is 25.4 Å². The largest absolute Gasteiger partial charge is 0.478 e. The summed E-state index contributed by atoms with van der Waals surface area (Å²) in [7, 11) is 0. The van der Waals surface area contributed by atoms with Gasteiger partial charge in [-0.2, -0.15) is 0 Å². The first-order chi connectivity index (χ1) is 10.7. The molecular formula is C18H18ClNO3. The van der Waals surface area contributed by atoms with Crippen LogP contribution in [0.5, 0.6) is 0 Å². The molecule has 0 unspecified atom stereocenters. The Balaban J connectivity index is 2.17. The van der Waals surface area contributed by atoms with E-state index in [0.717, 1.165) is 29.1 Å². The number of carboxylic acids is 1. The van der Waals surface area contributed by atoms with Gasteiger partial charge >= 0.3 is 5.97 Å². The molecule has 2 aromatic rings. The van der Waals surface area contributed by atoms with Crippen LogP contribution in [0.15, 0.2) is 24.3 Å². The first kappa shape index (κ1) is 15.8. The number of aryl methyl sites for hydroxylation is 1. The SMILES string of the molecule is Cc1cc2c(n1-c1ccc(C(=O)O)c(Cl)c1)CC(C)(C)CC2=O. The second-order valence-electron chi connectivity index (χ2n) is 6.89. The molecular weight excluding hydrogens is 314 g/mol. The molecule has 0 atom stereocenters. The Hall–Kier alpha value is -2.07. The summed E-state index contributed by atoms with van der Waals surface area (Å²) in [5.74, 6) is -0.893. The number of aromatic carboxylic acids is 1. The lowest BCUT2D eigenvalue weighted by molar-refractivity contribution is 0.0696. The molecule has 1 aromatic heterocycles. The Morgan fingerprint density at radius 3 is 2.57 bits per heavy atom. The van der Waals surface area contributed by atoms with Crippen LogP contribution in [0, 0.1) is 12.3 Å². The second kappa shape index (κ2) is 5.24. The number of carbonyl (C=O) groups is 2. The number of halogens is 1.